The van der Waals surface area contributed by atoms with Crippen LogP contribution in [0.4, 0.5) is 5.69 Å². The van der Waals surface area contributed by atoms with Gasteiger partial charge >= 0.3 is 11.7 Å². The molecule has 0 atom stereocenters. The summed E-state index contributed by atoms with van der Waals surface area (Å²) in [6.07, 6.45) is 0. The Hall–Kier alpha value is -2.51. The van der Waals surface area contributed by atoms with Crippen LogP contribution >= 0.6 is 0 Å². The summed E-state index contributed by atoms with van der Waals surface area (Å²) in [6, 6.07) is 2.52. The third-order valence-corrected chi connectivity index (χ3v) is 2.30. The summed E-state index contributed by atoms with van der Waals surface area (Å²) >= 11 is 0. The maximum atomic E-state index is 11.2. The molecule has 1 aliphatic heterocycles. The third-order valence-electron chi connectivity index (χ3n) is 2.30. The van der Waals surface area contributed by atoms with E-state index in [1.807, 2.05) is 0 Å². The summed E-state index contributed by atoms with van der Waals surface area (Å²) < 4.78 is 19.9. The number of nitro groups is 1. The van der Waals surface area contributed by atoms with Crippen molar-refractivity contribution in [3.63, 3.8) is 0 Å². The molecule has 0 saturated heterocycles. The normalized spacial score (nSPS) is 12.1. The van der Waals surface area contributed by atoms with Crippen LogP contribution in [0, 0.1) is 10.1 Å². The molecule has 0 N–H and O–H groups in total. The molecule has 1 aromatic rings. The van der Waals surface area contributed by atoms with Gasteiger partial charge in [0.25, 0.3) is 0 Å². The standard InChI is InChI=1S/C11H11NO7/c1-2-16-11(13)5-17-8-4-10-9(18-6-19-10)3-7(8)12(14)15/h3-4H,2,5-6H2,1H3. The Morgan fingerprint density at radius 1 is 1.42 bits per heavy atom. The van der Waals surface area contributed by atoms with Crippen LogP contribution in [0.2, 0.25) is 0 Å². The van der Waals surface area contributed by atoms with Gasteiger partial charge in [-0.2, -0.15) is 0 Å². The van der Waals surface area contributed by atoms with Crippen LogP contribution in [0.1, 0.15) is 6.92 Å². The Kier molecular flexibility index (Phi) is 3.69. The Balaban J connectivity index is 2.18. The summed E-state index contributed by atoms with van der Waals surface area (Å²) in [5.74, 6) is -0.0589. The molecule has 0 aliphatic carbocycles. The number of carbonyl (C=O) groups is 1. The van der Waals surface area contributed by atoms with Gasteiger partial charge in [-0.3, -0.25) is 10.1 Å². The first-order valence-corrected chi connectivity index (χ1v) is 5.48. The highest BCUT2D eigenvalue weighted by atomic mass is 16.7. The molecule has 1 aliphatic rings. The van der Waals surface area contributed by atoms with Crippen LogP contribution in [0.15, 0.2) is 12.1 Å². The molecule has 8 nitrogen and oxygen atoms in total. The lowest BCUT2D eigenvalue weighted by atomic mass is 10.2. The Labute approximate surface area is 108 Å². The van der Waals surface area contributed by atoms with Crippen molar-refractivity contribution in [2.75, 3.05) is 20.0 Å². The average molecular weight is 269 g/mol. The van der Waals surface area contributed by atoms with Crippen LogP contribution in [0.5, 0.6) is 17.2 Å². The van der Waals surface area contributed by atoms with Crippen molar-refractivity contribution in [3.05, 3.63) is 22.2 Å². The van der Waals surface area contributed by atoms with E-state index < -0.39 is 17.5 Å². The zero-order valence-electron chi connectivity index (χ0n) is 10.1. The maximum absolute atomic E-state index is 11.2. The summed E-state index contributed by atoms with van der Waals surface area (Å²) in [5.41, 5.74) is -0.298. The van der Waals surface area contributed by atoms with Crippen molar-refractivity contribution in [1.82, 2.24) is 0 Å². The molecule has 1 aromatic carbocycles. The Morgan fingerprint density at radius 2 is 2.11 bits per heavy atom. The molecule has 0 fully saturated rings. The minimum absolute atomic E-state index is 0.00613. The first-order valence-electron chi connectivity index (χ1n) is 5.48. The lowest BCUT2D eigenvalue weighted by Crippen LogP contribution is -2.15. The second kappa shape index (κ2) is 5.42. The highest BCUT2D eigenvalue weighted by Crippen LogP contribution is 2.41. The van der Waals surface area contributed by atoms with Crippen LogP contribution in [-0.2, 0) is 9.53 Å². The van der Waals surface area contributed by atoms with Gasteiger partial charge in [0.15, 0.2) is 18.1 Å². The van der Waals surface area contributed by atoms with E-state index in [4.69, 9.17) is 14.2 Å². The number of fused-ring (bicyclic) bond motifs is 1. The third kappa shape index (κ3) is 2.84. The second-order valence-corrected chi connectivity index (χ2v) is 3.52. The first kappa shape index (κ1) is 12.9. The van der Waals surface area contributed by atoms with E-state index in [0.29, 0.717) is 5.75 Å². The van der Waals surface area contributed by atoms with E-state index in [0.717, 1.165) is 0 Å². The smallest absolute Gasteiger partial charge is 0.344 e. The van der Waals surface area contributed by atoms with Gasteiger partial charge < -0.3 is 18.9 Å². The number of carbonyl (C=O) groups excluding carboxylic acids is 1. The van der Waals surface area contributed by atoms with E-state index in [2.05, 4.69) is 4.74 Å². The van der Waals surface area contributed by atoms with Crippen LogP contribution < -0.4 is 14.2 Å². The predicted molar refractivity (Wildman–Crippen MR) is 61.3 cm³/mol. The molecule has 0 amide bonds. The van der Waals surface area contributed by atoms with Gasteiger partial charge in [-0.25, -0.2) is 4.79 Å². The van der Waals surface area contributed by atoms with Crippen LogP contribution in [0.3, 0.4) is 0 Å². The average Bonchev–Trinajstić information content (AvgIpc) is 2.82. The van der Waals surface area contributed by atoms with Crippen molar-refractivity contribution >= 4 is 11.7 Å². The number of nitrogens with zero attached hydrogens (tertiary/aromatic N) is 1. The number of rotatable bonds is 5. The summed E-state index contributed by atoms with van der Waals surface area (Å²) in [5, 5.41) is 10.9. The summed E-state index contributed by atoms with van der Waals surface area (Å²) in [7, 11) is 0. The van der Waals surface area contributed by atoms with Crippen molar-refractivity contribution in [1.29, 1.82) is 0 Å². The fourth-order valence-electron chi connectivity index (χ4n) is 1.51. The van der Waals surface area contributed by atoms with Crippen LogP contribution in [0.25, 0.3) is 0 Å². The molecule has 19 heavy (non-hydrogen) atoms. The van der Waals surface area contributed by atoms with Gasteiger partial charge in [-0.1, -0.05) is 0 Å². The van der Waals surface area contributed by atoms with E-state index in [-0.39, 0.29) is 30.6 Å². The SMILES string of the molecule is CCOC(=O)COc1cc2c(cc1[N+](=O)[O-])OCO2. The summed E-state index contributed by atoms with van der Waals surface area (Å²) in [6.45, 7) is 1.45. The fourth-order valence-corrected chi connectivity index (χ4v) is 1.51. The van der Waals surface area contributed by atoms with Gasteiger partial charge in [0.1, 0.15) is 0 Å². The zero-order valence-corrected chi connectivity index (χ0v) is 10.1. The number of ether oxygens (including phenoxy) is 4. The Bertz CT molecular complexity index is 514. The number of nitro benzene ring substituents is 1. The van der Waals surface area contributed by atoms with Gasteiger partial charge in [0.05, 0.1) is 17.6 Å². The van der Waals surface area contributed by atoms with Gasteiger partial charge in [-0.15, -0.1) is 0 Å². The molecule has 0 aromatic heterocycles. The van der Waals surface area contributed by atoms with Gasteiger partial charge in [0, 0.05) is 6.07 Å². The number of esters is 1. The largest absolute Gasteiger partial charge is 0.475 e. The molecule has 8 heteroatoms. The molecule has 0 unspecified atom stereocenters. The lowest BCUT2D eigenvalue weighted by molar-refractivity contribution is -0.385. The zero-order chi connectivity index (χ0) is 13.8. The van der Waals surface area contributed by atoms with E-state index >= 15 is 0 Å². The number of hydrogen-bond donors (Lipinski definition) is 0. The quantitative estimate of drug-likeness (QED) is 0.451. The fraction of sp³-hybridized carbons (Fsp3) is 0.364. The minimum Gasteiger partial charge on any atom is -0.475 e. The van der Waals surface area contributed by atoms with Gasteiger partial charge in [0.2, 0.25) is 12.5 Å². The maximum Gasteiger partial charge on any atom is 0.344 e. The van der Waals surface area contributed by atoms with Crippen molar-refractivity contribution in [2.45, 2.75) is 6.92 Å². The molecule has 0 radical (unpaired) electrons. The molecule has 2 rings (SSSR count). The molecule has 1 heterocycles. The highest BCUT2D eigenvalue weighted by Gasteiger charge is 2.25. The minimum atomic E-state index is -0.623. The topological polar surface area (TPSA) is 97.1 Å². The van der Waals surface area contributed by atoms with Crippen molar-refractivity contribution in [3.8, 4) is 17.2 Å². The van der Waals surface area contributed by atoms with Crippen LogP contribution in [-0.4, -0.2) is 30.9 Å². The van der Waals surface area contributed by atoms with Crippen molar-refractivity contribution < 1.29 is 28.7 Å². The molecule has 0 saturated carbocycles. The van der Waals surface area contributed by atoms with E-state index in [9.17, 15) is 14.9 Å². The molecular formula is C11H11NO7. The summed E-state index contributed by atoms with van der Waals surface area (Å²) in [4.78, 5) is 21.4. The monoisotopic (exact) mass is 269 g/mol. The number of benzene rings is 1. The highest BCUT2D eigenvalue weighted by molar-refractivity contribution is 5.71. The Morgan fingerprint density at radius 3 is 2.74 bits per heavy atom. The molecule has 0 spiro atoms. The van der Waals surface area contributed by atoms with Gasteiger partial charge in [-0.05, 0) is 6.92 Å². The van der Waals surface area contributed by atoms with E-state index in [1.165, 1.54) is 12.1 Å². The lowest BCUT2D eigenvalue weighted by Gasteiger charge is -2.07. The first-order chi connectivity index (χ1) is 9.11. The number of hydrogen-bond acceptors (Lipinski definition) is 7. The molecule has 102 valence electrons. The van der Waals surface area contributed by atoms with E-state index in [1.54, 1.807) is 6.92 Å². The predicted octanol–water partition coefficient (Wildman–Crippen LogP) is 1.27. The second-order valence-electron chi connectivity index (χ2n) is 3.52. The molecular weight excluding hydrogens is 258 g/mol. The molecule has 0 bridgehead atoms. The van der Waals surface area contributed by atoms with Crippen molar-refractivity contribution in [2.24, 2.45) is 0 Å².